The number of carbonyl (C=O) groups is 1. The van der Waals surface area contributed by atoms with Crippen molar-refractivity contribution in [3.05, 3.63) is 0 Å². The smallest absolute Gasteiger partial charge is 0.377 e. The molecule has 21 heavy (non-hydrogen) atoms. The molecule has 1 aliphatic rings. The van der Waals surface area contributed by atoms with E-state index in [1.165, 1.54) is 12.8 Å². The van der Waals surface area contributed by atoms with Crippen molar-refractivity contribution < 1.29 is 18.1 Å². The molecule has 0 saturated carbocycles. The number of carbonyl (C=O) groups excluding carboxylic acids is 1. The van der Waals surface area contributed by atoms with Crippen LogP contribution in [0.4, 0.5) is 4.79 Å². The molecule has 1 heterocycles. The Kier molecular flexibility index (Phi) is 8.24. The predicted molar refractivity (Wildman–Crippen MR) is 84.3 cm³/mol. The molecule has 1 fully saturated rings. The second kappa shape index (κ2) is 9.40. The van der Waals surface area contributed by atoms with Crippen LogP contribution in [0.3, 0.4) is 0 Å². The lowest BCUT2D eigenvalue weighted by Gasteiger charge is -2.33. The van der Waals surface area contributed by atoms with E-state index in [2.05, 4.69) is 12.2 Å². The fourth-order valence-corrected chi connectivity index (χ4v) is 5.47. The Morgan fingerprint density at radius 3 is 2.33 bits per heavy atom. The van der Waals surface area contributed by atoms with E-state index in [4.69, 9.17) is 13.3 Å². The largest absolute Gasteiger partial charge is 0.503 e. The molecule has 0 radical (unpaired) electrons. The maximum absolute atomic E-state index is 11.6. The summed E-state index contributed by atoms with van der Waals surface area (Å²) in [5.41, 5.74) is 0.234. The van der Waals surface area contributed by atoms with Gasteiger partial charge in [0.2, 0.25) is 0 Å². The molecule has 124 valence electrons. The molecule has 1 N–H and O–H groups in total. The van der Waals surface area contributed by atoms with Crippen molar-refractivity contribution in [3.8, 4) is 0 Å². The maximum Gasteiger partial charge on any atom is 0.503 e. The minimum atomic E-state index is -2.65. The molecule has 0 aromatic rings. The number of urea groups is 1. The summed E-state index contributed by atoms with van der Waals surface area (Å²) in [5, 5.41) is 2.83. The molecule has 0 bridgehead atoms. The first-order valence-electron chi connectivity index (χ1n) is 7.81. The van der Waals surface area contributed by atoms with Crippen LogP contribution in [0.2, 0.25) is 5.54 Å². The lowest BCUT2D eigenvalue weighted by atomic mass is 10.1. The summed E-state index contributed by atoms with van der Waals surface area (Å²) >= 11 is 0. The molecule has 1 rings (SSSR count). The van der Waals surface area contributed by atoms with Crippen LogP contribution >= 0.6 is 0 Å². The summed E-state index contributed by atoms with van der Waals surface area (Å²) in [7, 11) is 2.33. The number of rotatable bonds is 11. The summed E-state index contributed by atoms with van der Waals surface area (Å²) in [5.74, 6) is 0. The molecular weight excluding hydrogens is 288 g/mol. The zero-order valence-electron chi connectivity index (χ0n) is 13.8. The highest BCUT2D eigenvalue weighted by Gasteiger charge is 2.46. The second-order valence-electron chi connectivity index (χ2n) is 5.42. The van der Waals surface area contributed by atoms with Gasteiger partial charge in [-0.2, -0.15) is 0 Å². The van der Waals surface area contributed by atoms with Gasteiger partial charge in [0.1, 0.15) is 0 Å². The first kappa shape index (κ1) is 18.4. The molecule has 7 heteroatoms. The van der Waals surface area contributed by atoms with Crippen molar-refractivity contribution in [3.63, 3.8) is 0 Å². The first-order valence-corrected chi connectivity index (χ1v) is 9.62. The van der Waals surface area contributed by atoms with Crippen LogP contribution in [0.15, 0.2) is 0 Å². The van der Waals surface area contributed by atoms with Crippen LogP contribution in [0.1, 0.15) is 39.0 Å². The summed E-state index contributed by atoms with van der Waals surface area (Å²) in [6, 6.07) is 0.0295. The molecule has 0 spiro atoms. The Labute approximate surface area is 129 Å². The van der Waals surface area contributed by atoms with Gasteiger partial charge < -0.3 is 23.5 Å². The van der Waals surface area contributed by atoms with Gasteiger partial charge in [-0.1, -0.05) is 26.2 Å². The Hall–Kier alpha value is -0.633. The van der Waals surface area contributed by atoms with Gasteiger partial charge in [-0.3, -0.25) is 0 Å². The van der Waals surface area contributed by atoms with E-state index >= 15 is 0 Å². The lowest BCUT2D eigenvalue weighted by molar-refractivity contribution is 0.106. The average Bonchev–Trinajstić information content (AvgIpc) is 2.91. The van der Waals surface area contributed by atoms with E-state index in [0.29, 0.717) is 0 Å². The molecule has 1 saturated heterocycles. The van der Waals surface area contributed by atoms with Crippen molar-refractivity contribution in [1.29, 1.82) is 0 Å². The molecule has 0 aliphatic carbocycles. The highest BCUT2D eigenvalue weighted by atomic mass is 28.4. The van der Waals surface area contributed by atoms with Crippen molar-refractivity contribution >= 4 is 14.8 Å². The molecular formula is C14H30N2O4Si. The van der Waals surface area contributed by atoms with Crippen LogP contribution in [0, 0.1) is 0 Å². The van der Waals surface area contributed by atoms with Crippen LogP contribution < -0.4 is 5.32 Å². The van der Waals surface area contributed by atoms with Gasteiger partial charge in [0, 0.05) is 46.5 Å². The minimum absolute atomic E-state index is 0.0295. The third kappa shape index (κ3) is 4.95. The predicted octanol–water partition coefficient (Wildman–Crippen LogP) is 2.23. The second-order valence-corrected chi connectivity index (χ2v) is 8.66. The number of amides is 2. The molecule has 1 atom stereocenters. The molecule has 0 aromatic carbocycles. The van der Waals surface area contributed by atoms with Crippen molar-refractivity contribution in [2.24, 2.45) is 0 Å². The van der Waals surface area contributed by atoms with Crippen molar-refractivity contribution in [2.75, 3.05) is 41.0 Å². The van der Waals surface area contributed by atoms with Crippen LogP contribution in [-0.4, -0.2) is 60.7 Å². The minimum Gasteiger partial charge on any atom is -0.377 e. The zero-order valence-corrected chi connectivity index (χ0v) is 14.8. The zero-order chi connectivity index (χ0) is 15.7. The van der Waals surface area contributed by atoms with Gasteiger partial charge in [-0.25, -0.2) is 4.79 Å². The van der Waals surface area contributed by atoms with Gasteiger partial charge in [0.05, 0.1) is 0 Å². The van der Waals surface area contributed by atoms with Crippen LogP contribution in [0.5, 0.6) is 0 Å². The van der Waals surface area contributed by atoms with Crippen LogP contribution in [-0.2, 0) is 13.3 Å². The highest BCUT2D eigenvalue weighted by Crippen LogP contribution is 2.33. The monoisotopic (exact) mass is 318 g/mol. The van der Waals surface area contributed by atoms with E-state index in [0.717, 1.165) is 38.9 Å². The van der Waals surface area contributed by atoms with Crippen LogP contribution in [0.25, 0.3) is 0 Å². The normalized spacial score (nSPS) is 17.1. The number of nitrogens with zero attached hydrogens (tertiary/aromatic N) is 1. The van der Waals surface area contributed by atoms with E-state index in [-0.39, 0.29) is 11.6 Å². The summed E-state index contributed by atoms with van der Waals surface area (Å²) in [4.78, 5) is 13.5. The molecule has 6 nitrogen and oxygen atoms in total. The number of hydrogen-bond donors (Lipinski definition) is 1. The van der Waals surface area contributed by atoms with Gasteiger partial charge in [0.15, 0.2) is 0 Å². The Bertz CT molecular complexity index is 305. The Morgan fingerprint density at radius 2 is 1.86 bits per heavy atom. The average molecular weight is 318 g/mol. The van der Waals surface area contributed by atoms with Gasteiger partial charge >= 0.3 is 14.8 Å². The molecule has 2 amide bonds. The number of unbranched alkanes of at least 4 members (excludes halogenated alkanes) is 2. The summed E-state index contributed by atoms with van der Waals surface area (Å²) in [6.07, 6.45) is 5.40. The van der Waals surface area contributed by atoms with Gasteiger partial charge in [-0.05, 0) is 12.8 Å². The van der Waals surface area contributed by atoms with E-state index in [9.17, 15) is 4.79 Å². The summed E-state index contributed by atoms with van der Waals surface area (Å²) in [6.45, 7) is 4.44. The van der Waals surface area contributed by atoms with Crippen molar-refractivity contribution in [2.45, 2.75) is 44.6 Å². The highest BCUT2D eigenvalue weighted by molar-refractivity contribution is 6.62. The standard InChI is InChI=1S/C14H30N2O4Si/c1-5-6-7-8-13(21(18-2,19-3)20-4)9-11-16-12-10-15-14(16)17/h13H,5-12H2,1-4H3,(H,15,17). The fourth-order valence-electron chi connectivity index (χ4n) is 2.92. The first-order chi connectivity index (χ1) is 10.1. The topological polar surface area (TPSA) is 60.0 Å². The van der Waals surface area contributed by atoms with Gasteiger partial charge in [-0.15, -0.1) is 0 Å². The maximum atomic E-state index is 11.6. The lowest BCUT2D eigenvalue weighted by Crippen LogP contribution is -2.48. The summed E-state index contributed by atoms with van der Waals surface area (Å²) < 4.78 is 16.9. The molecule has 1 unspecified atom stereocenters. The molecule has 1 aliphatic heterocycles. The van der Waals surface area contributed by atoms with E-state index in [1.54, 1.807) is 21.3 Å². The number of hydrogen-bond acceptors (Lipinski definition) is 4. The molecule has 0 aromatic heterocycles. The Balaban J connectivity index is 2.63. The van der Waals surface area contributed by atoms with Gasteiger partial charge in [0.25, 0.3) is 0 Å². The van der Waals surface area contributed by atoms with E-state index < -0.39 is 8.80 Å². The third-order valence-corrected chi connectivity index (χ3v) is 7.49. The number of nitrogens with one attached hydrogen (secondary N) is 1. The van der Waals surface area contributed by atoms with E-state index in [1.807, 2.05) is 4.90 Å². The van der Waals surface area contributed by atoms with Crippen molar-refractivity contribution in [1.82, 2.24) is 10.2 Å². The third-order valence-electron chi connectivity index (χ3n) is 4.20. The Morgan fingerprint density at radius 1 is 1.19 bits per heavy atom. The quantitative estimate of drug-likeness (QED) is 0.469. The SMILES string of the molecule is CCCCCC(CCN1CCNC1=O)[Si](OC)(OC)OC. The fraction of sp³-hybridized carbons (Fsp3) is 0.929.